The van der Waals surface area contributed by atoms with E-state index in [0.29, 0.717) is 18.1 Å². The molecule has 20 heavy (non-hydrogen) atoms. The monoisotopic (exact) mass is 269 g/mol. The van der Waals surface area contributed by atoms with E-state index in [1.165, 1.54) is 0 Å². The third kappa shape index (κ3) is 3.35. The molecule has 0 atom stereocenters. The maximum Gasteiger partial charge on any atom is 0.273 e. The third-order valence-electron chi connectivity index (χ3n) is 3.07. The molecular formula is C16H19N3O. The number of hydrogen-bond acceptors (Lipinski definition) is 3. The standard InChI is InChI=1S/C16H19N3O/c1-12(2)19(11-13-7-4-3-5-8-13)16(20)14-9-6-10-15(17)18-14/h3-10,12H,11H2,1-2H3,(H2,17,18). The number of pyridine rings is 1. The Morgan fingerprint density at radius 3 is 2.45 bits per heavy atom. The smallest absolute Gasteiger partial charge is 0.273 e. The van der Waals surface area contributed by atoms with Crippen molar-refractivity contribution in [3.05, 3.63) is 59.8 Å². The molecule has 0 unspecified atom stereocenters. The van der Waals surface area contributed by atoms with E-state index in [2.05, 4.69) is 4.98 Å². The van der Waals surface area contributed by atoms with Gasteiger partial charge in [0.25, 0.3) is 5.91 Å². The van der Waals surface area contributed by atoms with Gasteiger partial charge < -0.3 is 10.6 Å². The predicted octanol–water partition coefficient (Wildman–Crippen LogP) is 2.71. The first-order valence-corrected chi connectivity index (χ1v) is 6.65. The Morgan fingerprint density at radius 2 is 1.85 bits per heavy atom. The molecule has 1 aromatic carbocycles. The van der Waals surface area contributed by atoms with Crippen LogP contribution in [0, 0.1) is 0 Å². The van der Waals surface area contributed by atoms with E-state index in [1.54, 1.807) is 23.1 Å². The van der Waals surface area contributed by atoms with Crippen LogP contribution in [0.25, 0.3) is 0 Å². The third-order valence-corrected chi connectivity index (χ3v) is 3.07. The van der Waals surface area contributed by atoms with E-state index < -0.39 is 0 Å². The van der Waals surface area contributed by atoms with Crippen molar-refractivity contribution >= 4 is 11.7 Å². The van der Waals surface area contributed by atoms with Crippen LogP contribution < -0.4 is 5.73 Å². The number of hydrogen-bond donors (Lipinski definition) is 1. The lowest BCUT2D eigenvalue weighted by Crippen LogP contribution is -2.36. The van der Waals surface area contributed by atoms with Gasteiger partial charge in [0.15, 0.2) is 0 Å². The summed E-state index contributed by atoms with van der Waals surface area (Å²) in [6.07, 6.45) is 0. The molecule has 2 rings (SSSR count). The normalized spacial score (nSPS) is 10.6. The number of nitrogens with two attached hydrogens (primary N) is 1. The number of rotatable bonds is 4. The molecule has 1 aromatic heterocycles. The number of nitrogens with zero attached hydrogens (tertiary/aromatic N) is 2. The molecule has 0 fully saturated rings. The number of anilines is 1. The minimum atomic E-state index is -0.101. The van der Waals surface area contributed by atoms with E-state index in [0.717, 1.165) is 5.56 Å². The molecule has 0 aliphatic carbocycles. The second-order valence-corrected chi connectivity index (χ2v) is 4.96. The van der Waals surface area contributed by atoms with Crippen molar-refractivity contribution in [3.63, 3.8) is 0 Å². The van der Waals surface area contributed by atoms with Crippen molar-refractivity contribution in [1.82, 2.24) is 9.88 Å². The topological polar surface area (TPSA) is 59.2 Å². The summed E-state index contributed by atoms with van der Waals surface area (Å²) in [7, 11) is 0. The molecule has 0 spiro atoms. The summed E-state index contributed by atoms with van der Waals surface area (Å²) in [4.78, 5) is 18.4. The Hall–Kier alpha value is -2.36. The SMILES string of the molecule is CC(C)N(Cc1ccccc1)C(=O)c1cccc(N)n1. The molecule has 4 nitrogen and oxygen atoms in total. The van der Waals surface area contributed by atoms with Gasteiger partial charge in [-0.1, -0.05) is 36.4 Å². The molecule has 0 aliphatic rings. The highest BCUT2D eigenvalue weighted by molar-refractivity contribution is 5.92. The second kappa shape index (κ2) is 6.19. The Labute approximate surface area is 119 Å². The minimum absolute atomic E-state index is 0.0888. The van der Waals surface area contributed by atoms with Gasteiger partial charge in [-0.15, -0.1) is 0 Å². The number of nitrogen functional groups attached to an aromatic ring is 1. The average molecular weight is 269 g/mol. The highest BCUT2D eigenvalue weighted by Gasteiger charge is 2.20. The molecule has 4 heteroatoms. The van der Waals surface area contributed by atoms with Crippen LogP contribution in [0.2, 0.25) is 0 Å². The quantitative estimate of drug-likeness (QED) is 0.928. The molecule has 0 saturated heterocycles. The summed E-state index contributed by atoms with van der Waals surface area (Å²) in [6, 6.07) is 15.1. The van der Waals surface area contributed by atoms with Gasteiger partial charge in [-0.2, -0.15) is 0 Å². The van der Waals surface area contributed by atoms with Crippen LogP contribution in [0.4, 0.5) is 5.82 Å². The van der Waals surface area contributed by atoms with Gasteiger partial charge in [0.1, 0.15) is 11.5 Å². The summed E-state index contributed by atoms with van der Waals surface area (Å²) in [5.41, 5.74) is 7.12. The first kappa shape index (κ1) is 14.1. The van der Waals surface area contributed by atoms with Crippen LogP contribution in [0.5, 0.6) is 0 Å². The summed E-state index contributed by atoms with van der Waals surface area (Å²) in [6.45, 7) is 4.55. The predicted molar refractivity (Wildman–Crippen MR) is 80.1 cm³/mol. The van der Waals surface area contributed by atoms with Crippen molar-refractivity contribution in [2.24, 2.45) is 0 Å². The van der Waals surface area contributed by atoms with Crippen LogP contribution >= 0.6 is 0 Å². The summed E-state index contributed by atoms with van der Waals surface area (Å²) >= 11 is 0. The van der Waals surface area contributed by atoms with Gasteiger partial charge in [-0.3, -0.25) is 4.79 Å². The zero-order valence-corrected chi connectivity index (χ0v) is 11.8. The zero-order valence-electron chi connectivity index (χ0n) is 11.8. The fourth-order valence-electron chi connectivity index (χ4n) is 1.99. The maximum absolute atomic E-state index is 12.6. The van der Waals surface area contributed by atoms with Crippen molar-refractivity contribution < 1.29 is 4.79 Å². The Balaban J connectivity index is 2.23. The van der Waals surface area contributed by atoms with Gasteiger partial charge in [-0.25, -0.2) is 4.98 Å². The Bertz CT molecular complexity index is 581. The lowest BCUT2D eigenvalue weighted by atomic mass is 10.1. The van der Waals surface area contributed by atoms with Crippen LogP contribution in [0.1, 0.15) is 29.9 Å². The average Bonchev–Trinajstić information content (AvgIpc) is 2.45. The molecular weight excluding hydrogens is 250 g/mol. The van der Waals surface area contributed by atoms with E-state index in [-0.39, 0.29) is 11.9 Å². The number of carbonyl (C=O) groups excluding carboxylic acids is 1. The van der Waals surface area contributed by atoms with Crippen molar-refractivity contribution in [2.75, 3.05) is 5.73 Å². The van der Waals surface area contributed by atoms with Gasteiger partial charge in [0.05, 0.1) is 0 Å². The van der Waals surface area contributed by atoms with Crippen LogP contribution in [0.15, 0.2) is 48.5 Å². The molecule has 0 bridgehead atoms. The molecule has 0 radical (unpaired) electrons. The van der Waals surface area contributed by atoms with Crippen molar-refractivity contribution in [3.8, 4) is 0 Å². The second-order valence-electron chi connectivity index (χ2n) is 4.96. The number of carbonyl (C=O) groups is 1. The number of aromatic nitrogens is 1. The molecule has 104 valence electrons. The zero-order chi connectivity index (χ0) is 14.5. The number of benzene rings is 1. The van der Waals surface area contributed by atoms with E-state index in [4.69, 9.17) is 5.73 Å². The molecule has 0 aliphatic heterocycles. The summed E-state index contributed by atoms with van der Waals surface area (Å²) in [5, 5.41) is 0. The van der Waals surface area contributed by atoms with Gasteiger partial charge in [0.2, 0.25) is 0 Å². The largest absolute Gasteiger partial charge is 0.384 e. The summed E-state index contributed by atoms with van der Waals surface area (Å²) < 4.78 is 0. The van der Waals surface area contributed by atoms with Crippen LogP contribution in [0.3, 0.4) is 0 Å². The lowest BCUT2D eigenvalue weighted by Gasteiger charge is -2.26. The van der Waals surface area contributed by atoms with Crippen molar-refractivity contribution in [2.45, 2.75) is 26.4 Å². The Kier molecular flexibility index (Phi) is 4.35. The fraction of sp³-hybridized carbons (Fsp3) is 0.250. The van der Waals surface area contributed by atoms with Crippen LogP contribution in [-0.4, -0.2) is 21.8 Å². The lowest BCUT2D eigenvalue weighted by molar-refractivity contribution is 0.0684. The molecule has 1 heterocycles. The van der Waals surface area contributed by atoms with E-state index >= 15 is 0 Å². The summed E-state index contributed by atoms with van der Waals surface area (Å²) in [5.74, 6) is 0.260. The highest BCUT2D eigenvalue weighted by atomic mass is 16.2. The molecule has 2 aromatic rings. The molecule has 2 N–H and O–H groups in total. The van der Waals surface area contributed by atoms with Crippen LogP contribution in [-0.2, 0) is 6.54 Å². The first-order valence-electron chi connectivity index (χ1n) is 6.65. The fourth-order valence-corrected chi connectivity index (χ4v) is 1.99. The van der Waals surface area contributed by atoms with Crippen molar-refractivity contribution in [1.29, 1.82) is 0 Å². The maximum atomic E-state index is 12.6. The van der Waals surface area contributed by atoms with E-state index in [1.807, 2.05) is 44.2 Å². The van der Waals surface area contributed by atoms with Gasteiger partial charge >= 0.3 is 0 Å². The van der Waals surface area contributed by atoms with Gasteiger partial charge in [-0.05, 0) is 31.5 Å². The number of amides is 1. The molecule has 1 amide bonds. The minimum Gasteiger partial charge on any atom is -0.384 e. The first-order chi connectivity index (χ1) is 9.58. The molecule has 0 saturated carbocycles. The highest BCUT2D eigenvalue weighted by Crippen LogP contribution is 2.13. The van der Waals surface area contributed by atoms with Gasteiger partial charge in [0, 0.05) is 12.6 Å². The Morgan fingerprint density at radius 1 is 1.15 bits per heavy atom. The van der Waals surface area contributed by atoms with E-state index in [9.17, 15) is 4.79 Å².